The lowest BCUT2D eigenvalue weighted by Crippen LogP contribution is -2.18. The third-order valence-corrected chi connectivity index (χ3v) is 6.74. The molecule has 0 fully saturated rings. The molecule has 0 unspecified atom stereocenters. The van der Waals surface area contributed by atoms with Crippen LogP contribution in [0.25, 0.3) is 11.3 Å². The summed E-state index contributed by atoms with van der Waals surface area (Å²) >= 11 is 1.55. The summed E-state index contributed by atoms with van der Waals surface area (Å²) in [4.78, 5) is 2.14. The predicted octanol–water partition coefficient (Wildman–Crippen LogP) is 6.04. The molecule has 2 aromatic carbocycles. The monoisotopic (exact) mass is 521 g/mol. The van der Waals surface area contributed by atoms with E-state index in [9.17, 15) is 5.26 Å². The molecule has 0 bridgehead atoms. The highest BCUT2D eigenvalue weighted by molar-refractivity contribution is 8.93. The van der Waals surface area contributed by atoms with E-state index < -0.39 is 0 Å². The van der Waals surface area contributed by atoms with E-state index >= 15 is 0 Å². The molecule has 0 spiro atoms. The Morgan fingerprint density at radius 1 is 1.03 bits per heavy atom. The Labute approximate surface area is 208 Å². The van der Waals surface area contributed by atoms with Crippen molar-refractivity contribution in [1.29, 1.82) is 5.26 Å². The van der Waals surface area contributed by atoms with Crippen LogP contribution in [-0.4, -0.2) is 21.9 Å². The van der Waals surface area contributed by atoms with Crippen molar-refractivity contribution < 1.29 is 4.74 Å². The number of thioether (sulfide) groups is 1. The van der Waals surface area contributed by atoms with Gasteiger partial charge in [-0.2, -0.15) is 5.26 Å². The Bertz CT molecular complexity index is 1230. The van der Waals surface area contributed by atoms with Gasteiger partial charge in [0.05, 0.1) is 12.8 Å². The van der Waals surface area contributed by atoms with Crippen LogP contribution in [-0.2, 0) is 13.0 Å². The molecule has 2 aliphatic heterocycles. The number of allylic oxidation sites excluding steroid dienone is 1. The van der Waals surface area contributed by atoms with E-state index in [0.29, 0.717) is 11.4 Å². The van der Waals surface area contributed by atoms with E-state index in [0.717, 1.165) is 59.4 Å². The van der Waals surface area contributed by atoms with Gasteiger partial charge in [-0.25, -0.2) is 0 Å². The molecule has 0 amide bonds. The van der Waals surface area contributed by atoms with Gasteiger partial charge in [0.25, 0.3) is 0 Å². The molecule has 0 N–H and O–H groups in total. The number of methoxy groups -OCH3 is 1. The topological polar surface area (TPSA) is 67.0 Å². The van der Waals surface area contributed by atoms with E-state index in [-0.39, 0.29) is 17.0 Å². The number of nitrogens with zero attached hydrogens (tertiary/aromatic N) is 5. The maximum atomic E-state index is 10.3. The molecule has 3 heterocycles. The van der Waals surface area contributed by atoms with Crippen molar-refractivity contribution in [3.8, 4) is 11.8 Å². The second-order valence-corrected chi connectivity index (χ2v) is 8.57. The molecule has 6 nitrogen and oxygen atoms in total. The van der Waals surface area contributed by atoms with Gasteiger partial charge in [-0.15, -0.1) is 27.2 Å². The highest BCUT2D eigenvalue weighted by Gasteiger charge is 2.30. The average molecular weight is 522 g/mol. The van der Waals surface area contributed by atoms with Crippen LogP contribution in [0.3, 0.4) is 0 Å². The number of hydrogen-bond donors (Lipinski definition) is 0. The van der Waals surface area contributed by atoms with Crippen LogP contribution in [0.1, 0.15) is 36.5 Å². The molecule has 0 saturated carbocycles. The van der Waals surface area contributed by atoms with Crippen molar-refractivity contribution >= 4 is 45.7 Å². The highest BCUT2D eigenvalue weighted by atomic mass is 79.9. The zero-order valence-electron chi connectivity index (χ0n) is 18.3. The zero-order valence-corrected chi connectivity index (χ0v) is 20.8. The van der Waals surface area contributed by atoms with Gasteiger partial charge in [0, 0.05) is 24.1 Å². The third-order valence-electron chi connectivity index (χ3n) is 5.79. The molecule has 0 radical (unpaired) electrons. The highest BCUT2D eigenvalue weighted by Crippen LogP contribution is 2.46. The van der Waals surface area contributed by atoms with E-state index in [1.54, 1.807) is 18.9 Å². The molecule has 8 heteroatoms. The first-order chi connectivity index (χ1) is 15.8. The van der Waals surface area contributed by atoms with E-state index in [2.05, 4.69) is 43.3 Å². The molecular weight excluding hydrogens is 498 g/mol. The van der Waals surface area contributed by atoms with Gasteiger partial charge >= 0.3 is 0 Å². The van der Waals surface area contributed by atoms with Gasteiger partial charge in [0.15, 0.2) is 5.82 Å². The van der Waals surface area contributed by atoms with Gasteiger partial charge in [-0.3, -0.25) is 0 Å². The van der Waals surface area contributed by atoms with Crippen LogP contribution >= 0.6 is 28.7 Å². The van der Waals surface area contributed by atoms with Gasteiger partial charge in [-0.05, 0) is 54.8 Å². The number of para-hydroxylation sites is 1. The van der Waals surface area contributed by atoms with Crippen molar-refractivity contribution in [3.05, 3.63) is 82.2 Å². The lowest BCUT2D eigenvalue weighted by Gasteiger charge is -2.25. The lowest BCUT2D eigenvalue weighted by atomic mass is 10.1. The Morgan fingerprint density at radius 2 is 1.82 bits per heavy atom. The predicted molar refractivity (Wildman–Crippen MR) is 138 cm³/mol. The fraction of sp³-hybridized carbons (Fsp3) is 0.240. The number of fused-ring (bicyclic) bond motifs is 1. The van der Waals surface area contributed by atoms with Crippen LogP contribution in [0.4, 0.5) is 5.69 Å². The second kappa shape index (κ2) is 10.3. The average Bonchev–Trinajstić information content (AvgIpc) is 3.38. The van der Waals surface area contributed by atoms with Crippen LogP contribution in [0.2, 0.25) is 0 Å². The largest absolute Gasteiger partial charge is 0.497 e. The van der Waals surface area contributed by atoms with Crippen LogP contribution in [0.15, 0.2) is 65.0 Å². The summed E-state index contributed by atoms with van der Waals surface area (Å²) in [7, 11) is 1.66. The van der Waals surface area contributed by atoms with Gasteiger partial charge in [0.1, 0.15) is 28.2 Å². The first-order valence-corrected chi connectivity index (χ1v) is 11.6. The molecule has 3 aromatic rings. The Kier molecular flexibility index (Phi) is 7.21. The number of anilines is 1. The SMILES string of the molecule is Br.COc1ccc(C2=CSC(=C(C#N)c3nnc4n3CCCCC4)N2c2ccccc2)cc1. The zero-order chi connectivity index (χ0) is 21.9. The third kappa shape index (κ3) is 4.43. The molecule has 5 rings (SSSR count). The Hall–Kier alpha value is -3.02. The second-order valence-electron chi connectivity index (χ2n) is 7.71. The van der Waals surface area contributed by atoms with E-state index in [1.807, 2.05) is 42.5 Å². The molecule has 2 aliphatic rings. The Balaban J connectivity index is 0.00000259. The number of ether oxygens (including phenoxy) is 1. The maximum Gasteiger partial charge on any atom is 0.177 e. The minimum atomic E-state index is 0. The minimum absolute atomic E-state index is 0. The normalized spacial score (nSPS) is 16.7. The first-order valence-electron chi connectivity index (χ1n) is 10.7. The van der Waals surface area contributed by atoms with Crippen molar-refractivity contribution in [2.75, 3.05) is 12.0 Å². The Morgan fingerprint density at radius 3 is 2.55 bits per heavy atom. The number of aryl methyl sites for hydroxylation is 1. The molecule has 0 saturated heterocycles. The van der Waals surface area contributed by atoms with Gasteiger partial charge < -0.3 is 14.2 Å². The summed E-state index contributed by atoms with van der Waals surface area (Å²) in [5.74, 6) is 2.45. The summed E-state index contributed by atoms with van der Waals surface area (Å²) in [6, 6.07) is 20.6. The number of halogens is 1. The smallest absolute Gasteiger partial charge is 0.177 e. The summed E-state index contributed by atoms with van der Waals surface area (Å²) in [5.41, 5.74) is 3.62. The summed E-state index contributed by atoms with van der Waals surface area (Å²) in [6.07, 6.45) is 4.28. The summed E-state index contributed by atoms with van der Waals surface area (Å²) in [5, 5.41) is 22.1. The molecule has 0 atom stereocenters. The molecular formula is C25H24BrN5OS. The van der Waals surface area contributed by atoms with Crippen molar-refractivity contribution in [2.24, 2.45) is 0 Å². The summed E-state index contributed by atoms with van der Waals surface area (Å²) < 4.78 is 7.46. The van der Waals surface area contributed by atoms with E-state index in [1.165, 1.54) is 6.42 Å². The number of aromatic nitrogens is 3. The minimum Gasteiger partial charge on any atom is -0.497 e. The number of hydrogen-bond acceptors (Lipinski definition) is 6. The number of rotatable bonds is 4. The molecule has 168 valence electrons. The fourth-order valence-corrected chi connectivity index (χ4v) is 5.18. The van der Waals surface area contributed by atoms with Gasteiger partial charge in [0.2, 0.25) is 0 Å². The number of nitriles is 1. The fourth-order valence-electron chi connectivity index (χ4n) is 4.15. The van der Waals surface area contributed by atoms with E-state index in [4.69, 9.17) is 4.74 Å². The van der Waals surface area contributed by atoms with Gasteiger partial charge in [-0.1, -0.05) is 36.4 Å². The quantitative estimate of drug-likeness (QED) is 0.390. The van der Waals surface area contributed by atoms with Crippen molar-refractivity contribution in [1.82, 2.24) is 14.8 Å². The summed E-state index contributed by atoms with van der Waals surface area (Å²) in [6.45, 7) is 0.852. The van der Waals surface area contributed by atoms with Crippen LogP contribution < -0.4 is 9.64 Å². The molecule has 0 aliphatic carbocycles. The van der Waals surface area contributed by atoms with Crippen molar-refractivity contribution in [3.63, 3.8) is 0 Å². The van der Waals surface area contributed by atoms with Crippen molar-refractivity contribution in [2.45, 2.75) is 32.2 Å². The molecule has 33 heavy (non-hydrogen) atoms. The lowest BCUT2D eigenvalue weighted by molar-refractivity contribution is 0.415. The maximum absolute atomic E-state index is 10.3. The van der Waals surface area contributed by atoms with Crippen LogP contribution in [0.5, 0.6) is 5.75 Å². The molecule has 1 aromatic heterocycles. The standard InChI is InChI=1S/C25H23N5OS.BrH/c1-31-20-13-11-18(12-14-20)22-17-32-25(30(22)19-8-4-2-5-9-19)21(16-26)24-28-27-23-10-6-3-7-15-29(23)24;/h2,4-5,8-9,11-14,17H,3,6-7,10,15H2,1H3;1H. The first kappa shape index (κ1) is 23.1. The van der Waals surface area contributed by atoms with Crippen LogP contribution in [0, 0.1) is 11.3 Å². The number of benzene rings is 2.